The normalized spacial score (nSPS) is 21.1. The molecule has 89 valence electrons. The minimum absolute atomic E-state index is 0. The molecule has 1 aliphatic rings. The van der Waals surface area contributed by atoms with Crippen molar-refractivity contribution in [2.75, 3.05) is 0 Å². The summed E-state index contributed by atoms with van der Waals surface area (Å²) in [5.74, 6) is -4.23. The van der Waals surface area contributed by atoms with Gasteiger partial charge < -0.3 is 4.98 Å². The van der Waals surface area contributed by atoms with Gasteiger partial charge in [-0.25, -0.2) is 8.78 Å². The Morgan fingerprint density at radius 1 is 1.19 bits per heavy atom. The summed E-state index contributed by atoms with van der Waals surface area (Å²) < 4.78 is 51.0. The topological polar surface area (TPSA) is 12.9 Å². The Bertz CT molecular complexity index is 407. The van der Waals surface area contributed by atoms with Gasteiger partial charge in [-0.2, -0.15) is 14.9 Å². The molecule has 1 nitrogen and oxygen atoms in total. The minimum atomic E-state index is -4.23. The Morgan fingerprint density at radius 2 is 1.88 bits per heavy atom. The second-order valence-corrected chi connectivity index (χ2v) is 3.99. The molecule has 0 amide bonds. The number of hydrogen-bond acceptors (Lipinski definition) is 2. The Labute approximate surface area is 107 Å². The summed E-state index contributed by atoms with van der Waals surface area (Å²) in [5, 5.41) is -4.14. The molecule has 7 heteroatoms. The zero-order valence-electron chi connectivity index (χ0n) is 7.51. The van der Waals surface area contributed by atoms with E-state index < -0.39 is 11.2 Å². The van der Waals surface area contributed by atoms with Gasteiger partial charge in [0.1, 0.15) is 0 Å². The van der Waals surface area contributed by atoms with Crippen molar-refractivity contribution in [1.29, 1.82) is 0 Å². The number of aromatic nitrogens is 1. The van der Waals surface area contributed by atoms with E-state index in [4.69, 9.17) is 0 Å². The molecule has 2 heterocycles. The van der Waals surface area contributed by atoms with Crippen molar-refractivity contribution >= 4 is 16.7 Å². The fourth-order valence-corrected chi connectivity index (χ4v) is 1.89. The smallest absolute Gasteiger partial charge is 0.344 e. The molecule has 2 rings (SSSR count). The zero-order valence-corrected chi connectivity index (χ0v) is 10.7. The molecular weight excluding hydrogens is 422 g/mol. The second-order valence-electron chi connectivity index (χ2n) is 2.86. The summed E-state index contributed by atoms with van der Waals surface area (Å²) in [5.41, 5.74) is 0.0827. The van der Waals surface area contributed by atoms with E-state index in [9.17, 15) is 17.6 Å². The van der Waals surface area contributed by atoms with Crippen LogP contribution in [-0.4, -0.2) is 16.2 Å². The first kappa shape index (κ1) is 13.7. The van der Waals surface area contributed by atoms with Crippen molar-refractivity contribution in [2.45, 2.75) is 11.2 Å². The molecule has 0 saturated heterocycles. The molecule has 0 spiro atoms. The largest absolute Gasteiger partial charge is 0.350 e. The van der Waals surface area contributed by atoms with Gasteiger partial charge in [0.15, 0.2) is 0 Å². The van der Waals surface area contributed by atoms with Crippen LogP contribution in [0.15, 0.2) is 24.4 Å². The maximum Gasteiger partial charge on any atom is 0.344 e. The van der Waals surface area contributed by atoms with Crippen molar-refractivity contribution < 1.29 is 37.7 Å². The number of pyridine rings is 1. The van der Waals surface area contributed by atoms with Gasteiger partial charge in [-0.15, -0.1) is 11.0 Å². The van der Waals surface area contributed by atoms with E-state index in [1.807, 2.05) is 0 Å². The van der Waals surface area contributed by atoms with Crippen LogP contribution in [0.1, 0.15) is 5.69 Å². The average Bonchev–Trinajstić information content (AvgIpc) is 2.38. The van der Waals surface area contributed by atoms with Crippen LogP contribution in [0, 0.1) is 6.08 Å². The summed E-state index contributed by atoms with van der Waals surface area (Å²) in [6, 6.07) is 4.49. The van der Waals surface area contributed by atoms with Crippen molar-refractivity contribution in [2.24, 2.45) is 0 Å². The van der Waals surface area contributed by atoms with Crippen LogP contribution in [0.4, 0.5) is 17.6 Å². The number of nitrogens with zero attached hydrogens (tertiary/aromatic N) is 1. The first-order valence-electron chi connectivity index (χ1n) is 3.93. The fourth-order valence-electron chi connectivity index (χ4n) is 1.05. The van der Waals surface area contributed by atoms with Crippen LogP contribution in [-0.2, 0) is 20.1 Å². The SMILES string of the molecule is FC1(F)[C-]=C(c2ccccn2)SC1(F)F.[Ir]. The molecular formula is C9H4F4IrNS-. The standard InChI is InChI=1S/C9H4F4NS.Ir/c10-8(11)5-7(15-9(8,12)13)6-3-1-2-4-14-6;/h1-4H;/q-1;. The Kier molecular flexibility index (Phi) is 3.82. The number of hydrogen-bond donors (Lipinski definition) is 0. The van der Waals surface area contributed by atoms with Gasteiger partial charge in [0.25, 0.3) is 5.92 Å². The van der Waals surface area contributed by atoms with Crippen LogP contribution in [0.5, 0.6) is 0 Å². The third-order valence-corrected chi connectivity index (χ3v) is 2.79. The van der Waals surface area contributed by atoms with Crippen LogP contribution < -0.4 is 0 Å². The van der Waals surface area contributed by atoms with E-state index in [2.05, 4.69) is 4.98 Å². The minimum Gasteiger partial charge on any atom is -0.350 e. The molecule has 0 fully saturated rings. The molecule has 0 bridgehead atoms. The molecule has 1 aromatic rings. The quantitative estimate of drug-likeness (QED) is 0.506. The van der Waals surface area contributed by atoms with Gasteiger partial charge in [0.2, 0.25) is 0 Å². The Hall–Kier alpha value is -0.391. The van der Waals surface area contributed by atoms with E-state index >= 15 is 0 Å². The summed E-state index contributed by atoms with van der Waals surface area (Å²) in [6.45, 7) is 0. The van der Waals surface area contributed by atoms with Gasteiger partial charge in [-0.05, 0) is 6.07 Å². The van der Waals surface area contributed by atoms with Gasteiger partial charge in [-0.3, -0.25) is 0 Å². The molecule has 1 radical (unpaired) electrons. The second kappa shape index (κ2) is 4.47. The number of alkyl halides is 4. The van der Waals surface area contributed by atoms with Crippen molar-refractivity contribution in [1.82, 2.24) is 4.98 Å². The molecule has 0 N–H and O–H groups in total. The Morgan fingerprint density at radius 3 is 2.31 bits per heavy atom. The van der Waals surface area contributed by atoms with Gasteiger partial charge in [0, 0.05) is 26.3 Å². The molecule has 0 atom stereocenters. The number of allylic oxidation sites excluding steroid dienone is 1. The summed E-state index contributed by atoms with van der Waals surface area (Å²) in [7, 11) is 0. The predicted molar refractivity (Wildman–Crippen MR) is 48.4 cm³/mol. The predicted octanol–water partition coefficient (Wildman–Crippen LogP) is 3.20. The molecule has 1 aromatic heterocycles. The fraction of sp³-hybridized carbons (Fsp3) is 0.222. The zero-order chi connectivity index (χ0) is 11.1. The van der Waals surface area contributed by atoms with Gasteiger partial charge in [0.05, 0.1) is 0 Å². The van der Waals surface area contributed by atoms with Crippen molar-refractivity contribution in [3.05, 3.63) is 36.2 Å². The Balaban J connectivity index is 0.00000128. The van der Waals surface area contributed by atoms with Crippen LogP contribution in [0.2, 0.25) is 0 Å². The maximum absolute atomic E-state index is 12.8. The summed E-state index contributed by atoms with van der Waals surface area (Å²) in [6.07, 6.45) is 2.82. The molecule has 16 heavy (non-hydrogen) atoms. The average molecular weight is 426 g/mol. The summed E-state index contributed by atoms with van der Waals surface area (Å²) in [4.78, 5) is 3.39. The number of rotatable bonds is 1. The number of thioether (sulfide) groups is 1. The van der Waals surface area contributed by atoms with Crippen LogP contribution in [0.25, 0.3) is 4.91 Å². The summed E-state index contributed by atoms with van der Waals surface area (Å²) >= 11 is -0.212. The van der Waals surface area contributed by atoms with Crippen LogP contribution in [0.3, 0.4) is 0 Å². The third kappa shape index (κ3) is 2.31. The van der Waals surface area contributed by atoms with Crippen molar-refractivity contribution in [3.63, 3.8) is 0 Å². The van der Waals surface area contributed by atoms with E-state index in [0.717, 1.165) is 0 Å². The maximum atomic E-state index is 12.8. The first-order chi connectivity index (χ1) is 6.92. The van der Waals surface area contributed by atoms with E-state index in [1.165, 1.54) is 24.4 Å². The monoisotopic (exact) mass is 427 g/mol. The molecule has 0 aromatic carbocycles. The number of halogens is 4. The van der Waals surface area contributed by atoms with Crippen molar-refractivity contribution in [3.8, 4) is 0 Å². The molecule has 0 saturated carbocycles. The van der Waals surface area contributed by atoms with E-state index in [1.54, 1.807) is 6.07 Å². The van der Waals surface area contributed by atoms with E-state index in [-0.39, 0.29) is 42.5 Å². The molecule has 0 unspecified atom stereocenters. The first-order valence-corrected chi connectivity index (χ1v) is 4.75. The molecule has 1 aliphatic heterocycles. The molecule has 0 aliphatic carbocycles. The van der Waals surface area contributed by atoms with Gasteiger partial charge >= 0.3 is 5.25 Å². The van der Waals surface area contributed by atoms with Crippen LogP contribution >= 0.6 is 11.8 Å². The van der Waals surface area contributed by atoms with Gasteiger partial charge in [-0.1, -0.05) is 23.5 Å². The van der Waals surface area contributed by atoms with E-state index in [0.29, 0.717) is 0 Å². The third-order valence-electron chi connectivity index (χ3n) is 1.76.